The monoisotopic (exact) mass is 446 g/mol. The van der Waals surface area contributed by atoms with E-state index in [2.05, 4.69) is 10.3 Å². The highest BCUT2D eigenvalue weighted by Crippen LogP contribution is 2.34. The molecule has 160 valence electrons. The van der Waals surface area contributed by atoms with Gasteiger partial charge in [0.2, 0.25) is 0 Å². The first-order chi connectivity index (χ1) is 14.8. The number of rotatable bonds is 5. The van der Waals surface area contributed by atoms with Crippen molar-refractivity contribution in [2.45, 2.75) is 12.7 Å². The molecule has 1 aromatic carbocycles. The Kier molecular flexibility index (Phi) is 5.64. The lowest BCUT2D eigenvalue weighted by Crippen LogP contribution is -2.31. The Hall–Kier alpha value is -3.40. The summed E-state index contributed by atoms with van der Waals surface area (Å²) in [6.07, 6.45) is -3.11. The molecule has 0 radical (unpaired) electrons. The highest BCUT2D eigenvalue weighted by molar-refractivity contribution is 7.14. The Morgan fingerprint density at radius 3 is 2.48 bits per heavy atom. The Balaban J connectivity index is 1.38. The number of thiophene rings is 1. The van der Waals surface area contributed by atoms with Crippen molar-refractivity contribution in [2.24, 2.45) is 0 Å². The smallest absolute Gasteiger partial charge is 0.320 e. The summed E-state index contributed by atoms with van der Waals surface area (Å²) in [4.78, 5) is 31.5. The average Bonchev–Trinajstić information content (AvgIpc) is 3.38. The van der Waals surface area contributed by atoms with Gasteiger partial charge in [-0.1, -0.05) is 30.3 Å². The van der Waals surface area contributed by atoms with Gasteiger partial charge in [-0.2, -0.15) is 13.2 Å². The number of anilines is 2. The zero-order chi connectivity index (χ0) is 22.0. The van der Waals surface area contributed by atoms with Crippen molar-refractivity contribution in [1.29, 1.82) is 0 Å². The van der Waals surface area contributed by atoms with E-state index in [0.717, 1.165) is 17.7 Å². The predicted molar refractivity (Wildman–Crippen MR) is 111 cm³/mol. The molecule has 0 saturated carbocycles. The predicted octanol–water partition coefficient (Wildman–Crippen LogP) is 4.86. The van der Waals surface area contributed by atoms with Gasteiger partial charge in [-0.05, 0) is 29.8 Å². The molecule has 1 aliphatic rings. The molecule has 0 aliphatic carbocycles. The Labute approximate surface area is 179 Å². The van der Waals surface area contributed by atoms with E-state index in [1.165, 1.54) is 6.20 Å². The Morgan fingerprint density at radius 1 is 1.06 bits per heavy atom. The van der Waals surface area contributed by atoms with E-state index < -0.39 is 17.0 Å². The van der Waals surface area contributed by atoms with Gasteiger partial charge in [-0.3, -0.25) is 9.69 Å². The van der Waals surface area contributed by atoms with Crippen molar-refractivity contribution in [3.8, 4) is 0 Å². The molecule has 2 aromatic heterocycles. The summed E-state index contributed by atoms with van der Waals surface area (Å²) in [6.45, 7) is 1.55. The molecule has 0 atom stereocenters. The molecular formula is C21H17F3N4O2S. The zero-order valence-corrected chi connectivity index (χ0v) is 16.9. The zero-order valence-electron chi connectivity index (χ0n) is 16.1. The standard InChI is InChI=1S/C21H17F3N4O2S/c22-21(23,24)17-8-7-16(31-17)19(29)26-15-6-9-18(25-12-15)28-11-10-27(20(28)30)13-14-4-2-1-3-5-14/h1-9,12H,10-11,13H2,(H,26,29). The second-order valence-corrected chi connectivity index (χ2v) is 7.95. The van der Waals surface area contributed by atoms with Gasteiger partial charge < -0.3 is 10.2 Å². The average molecular weight is 446 g/mol. The van der Waals surface area contributed by atoms with E-state index in [4.69, 9.17) is 0 Å². The van der Waals surface area contributed by atoms with Crippen LogP contribution in [0, 0.1) is 0 Å². The maximum atomic E-state index is 12.7. The number of aromatic nitrogens is 1. The third-order valence-electron chi connectivity index (χ3n) is 4.70. The van der Waals surface area contributed by atoms with Crippen molar-refractivity contribution >= 4 is 34.8 Å². The quantitative estimate of drug-likeness (QED) is 0.609. The van der Waals surface area contributed by atoms with E-state index >= 15 is 0 Å². The fraction of sp³-hybridized carbons (Fsp3) is 0.190. The number of benzene rings is 1. The van der Waals surface area contributed by atoms with E-state index in [1.54, 1.807) is 21.9 Å². The van der Waals surface area contributed by atoms with Crippen molar-refractivity contribution in [3.05, 3.63) is 76.1 Å². The lowest BCUT2D eigenvalue weighted by atomic mass is 10.2. The number of alkyl halides is 3. The van der Waals surface area contributed by atoms with Crippen LogP contribution >= 0.6 is 11.3 Å². The van der Waals surface area contributed by atoms with Crippen molar-refractivity contribution < 1.29 is 22.8 Å². The topological polar surface area (TPSA) is 65.5 Å². The van der Waals surface area contributed by atoms with Crippen LogP contribution in [0.5, 0.6) is 0 Å². The molecule has 0 unspecified atom stereocenters. The minimum absolute atomic E-state index is 0.0531. The number of carbonyl (C=O) groups excluding carboxylic acids is 2. The Morgan fingerprint density at radius 2 is 1.84 bits per heavy atom. The SMILES string of the molecule is O=C(Nc1ccc(N2CCN(Cc3ccccc3)C2=O)nc1)c1ccc(C(F)(F)F)s1. The van der Waals surface area contributed by atoms with Crippen LogP contribution in [0.3, 0.4) is 0 Å². The van der Waals surface area contributed by atoms with Crippen LogP contribution in [0.2, 0.25) is 0 Å². The largest absolute Gasteiger partial charge is 0.425 e. The summed E-state index contributed by atoms with van der Waals surface area (Å²) in [5, 5.41) is 2.52. The molecule has 4 rings (SSSR count). The number of hydrogen-bond donors (Lipinski definition) is 1. The number of pyridine rings is 1. The molecule has 6 nitrogen and oxygen atoms in total. The van der Waals surface area contributed by atoms with Crippen LogP contribution in [0.4, 0.5) is 29.5 Å². The van der Waals surface area contributed by atoms with Crippen molar-refractivity contribution in [2.75, 3.05) is 23.3 Å². The lowest BCUT2D eigenvalue weighted by molar-refractivity contribution is -0.134. The lowest BCUT2D eigenvalue weighted by Gasteiger charge is -2.18. The van der Waals surface area contributed by atoms with E-state index in [0.29, 0.717) is 42.5 Å². The number of nitrogens with zero attached hydrogens (tertiary/aromatic N) is 3. The highest BCUT2D eigenvalue weighted by atomic mass is 32.1. The number of urea groups is 1. The summed E-state index contributed by atoms with van der Waals surface area (Å²) in [7, 11) is 0. The van der Waals surface area contributed by atoms with Crippen LogP contribution < -0.4 is 10.2 Å². The van der Waals surface area contributed by atoms with Crippen LogP contribution in [-0.2, 0) is 12.7 Å². The van der Waals surface area contributed by atoms with Gasteiger partial charge in [0.05, 0.1) is 16.8 Å². The molecule has 31 heavy (non-hydrogen) atoms. The van der Waals surface area contributed by atoms with Crippen molar-refractivity contribution in [1.82, 2.24) is 9.88 Å². The number of amides is 3. The van der Waals surface area contributed by atoms with Crippen LogP contribution in [0.15, 0.2) is 60.8 Å². The Bertz CT molecular complexity index is 1080. The summed E-state index contributed by atoms with van der Waals surface area (Å²) >= 11 is 0.376. The summed E-state index contributed by atoms with van der Waals surface area (Å²) in [5.41, 5.74) is 1.36. The highest BCUT2D eigenvalue weighted by Gasteiger charge is 2.33. The second-order valence-electron chi connectivity index (χ2n) is 6.86. The van der Waals surface area contributed by atoms with Gasteiger partial charge in [-0.25, -0.2) is 9.78 Å². The minimum Gasteiger partial charge on any atom is -0.320 e. The van der Waals surface area contributed by atoms with Gasteiger partial charge >= 0.3 is 12.2 Å². The van der Waals surface area contributed by atoms with Gasteiger partial charge in [0.15, 0.2) is 0 Å². The molecule has 1 fully saturated rings. The van der Waals surface area contributed by atoms with Crippen molar-refractivity contribution in [3.63, 3.8) is 0 Å². The van der Waals surface area contributed by atoms with Crippen LogP contribution in [0.1, 0.15) is 20.1 Å². The molecule has 10 heteroatoms. The first-order valence-corrected chi connectivity index (χ1v) is 10.2. The second kappa shape index (κ2) is 8.38. The van der Waals surface area contributed by atoms with Gasteiger partial charge in [0, 0.05) is 19.6 Å². The molecular weight excluding hydrogens is 429 g/mol. The minimum atomic E-state index is -4.48. The maximum Gasteiger partial charge on any atom is 0.425 e. The molecule has 1 aliphatic heterocycles. The summed E-state index contributed by atoms with van der Waals surface area (Å²) in [5.74, 6) is -0.213. The summed E-state index contributed by atoms with van der Waals surface area (Å²) < 4.78 is 38.1. The van der Waals surface area contributed by atoms with Crippen LogP contribution in [0.25, 0.3) is 0 Å². The molecule has 3 heterocycles. The van der Waals surface area contributed by atoms with Gasteiger partial charge in [0.1, 0.15) is 10.7 Å². The van der Waals surface area contributed by atoms with E-state index in [-0.39, 0.29) is 10.9 Å². The molecule has 1 saturated heterocycles. The molecule has 0 bridgehead atoms. The fourth-order valence-corrected chi connectivity index (χ4v) is 3.94. The number of nitrogens with one attached hydrogen (secondary N) is 1. The molecule has 1 N–H and O–H groups in total. The normalized spacial score (nSPS) is 14.2. The maximum absolute atomic E-state index is 12.7. The first kappa shape index (κ1) is 20.9. The molecule has 3 amide bonds. The fourth-order valence-electron chi connectivity index (χ4n) is 3.17. The molecule has 0 spiro atoms. The number of halogens is 3. The van der Waals surface area contributed by atoms with E-state index in [9.17, 15) is 22.8 Å². The first-order valence-electron chi connectivity index (χ1n) is 9.36. The van der Waals surface area contributed by atoms with Gasteiger partial charge in [-0.15, -0.1) is 11.3 Å². The number of hydrogen-bond acceptors (Lipinski definition) is 4. The van der Waals surface area contributed by atoms with E-state index in [1.807, 2.05) is 30.3 Å². The van der Waals surface area contributed by atoms with Crippen LogP contribution in [-0.4, -0.2) is 34.9 Å². The third-order valence-corrected chi connectivity index (χ3v) is 5.83. The molecule has 3 aromatic rings. The third kappa shape index (κ3) is 4.69. The number of carbonyl (C=O) groups is 2. The summed E-state index contributed by atoms with van der Waals surface area (Å²) in [6, 6.07) is 14.7. The van der Waals surface area contributed by atoms with Gasteiger partial charge in [0.25, 0.3) is 5.91 Å².